The number of pyridine rings is 1. The van der Waals surface area contributed by atoms with Crippen molar-refractivity contribution in [3.63, 3.8) is 0 Å². The molecule has 1 atom stereocenters. The van der Waals surface area contributed by atoms with Gasteiger partial charge in [-0.3, -0.25) is 4.98 Å². The third-order valence-corrected chi connectivity index (χ3v) is 3.97. The second-order valence-electron chi connectivity index (χ2n) is 4.87. The molecule has 1 aromatic carbocycles. The Balaban J connectivity index is 2.43. The maximum absolute atomic E-state index is 11.2. The fraction of sp³-hybridized carbons (Fsp3) is 0.235. The van der Waals surface area contributed by atoms with Crippen LogP contribution in [0.4, 0.5) is 0 Å². The van der Waals surface area contributed by atoms with Crippen LogP contribution in [0.5, 0.6) is 0 Å². The molecule has 0 fully saturated rings. The zero-order valence-corrected chi connectivity index (χ0v) is 13.7. The lowest BCUT2D eigenvalue weighted by Gasteiger charge is -2.30. The normalized spacial score (nSPS) is 13.5. The number of hydrogen-bond donors (Lipinski definition) is 1. The third kappa shape index (κ3) is 3.61. The fourth-order valence-electron chi connectivity index (χ4n) is 2.20. The molecule has 1 unspecified atom stereocenters. The Morgan fingerprint density at radius 3 is 2.73 bits per heavy atom. The van der Waals surface area contributed by atoms with Crippen LogP contribution in [0, 0.1) is 0 Å². The predicted molar refractivity (Wildman–Crippen MR) is 89.1 cm³/mol. The first-order chi connectivity index (χ1) is 10.5. The second-order valence-corrected chi connectivity index (χ2v) is 5.71. The number of benzene rings is 1. The lowest BCUT2D eigenvalue weighted by molar-refractivity contribution is 0.00978. The Morgan fingerprint density at radius 2 is 2.14 bits per heavy atom. The maximum atomic E-state index is 11.2. The number of nitrogens with zero attached hydrogens (tertiary/aromatic N) is 1. The van der Waals surface area contributed by atoms with Crippen LogP contribution < -0.4 is 0 Å². The van der Waals surface area contributed by atoms with Crippen LogP contribution in [-0.2, 0) is 16.8 Å². The monoisotopic (exact) mass is 337 g/mol. The Labute approximate surface area is 140 Å². The van der Waals surface area contributed by atoms with Gasteiger partial charge in [0.05, 0.1) is 6.61 Å². The molecule has 2 aromatic rings. The highest BCUT2D eigenvalue weighted by Gasteiger charge is 2.35. The first-order valence-electron chi connectivity index (χ1n) is 6.86. The van der Waals surface area contributed by atoms with Gasteiger partial charge < -0.3 is 9.84 Å². The lowest BCUT2D eigenvalue weighted by atomic mass is 9.86. The van der Waals surface area contributed by atoms with Crippen LogP contribution in [0.25, 0.3) is 0 Å². The van der Waals surface area contributed by atoms with Crippen molar-refractivity contribution >= 4 is 23.2 Å². The molecule has 2 rings (SSSR count). The van der Waals surface area contributed by atoms with Gasteiger partial charge in [0, 0.05) is 34.4 Å². The lowest BCUT2D eigenvalue weighted by Crippen LogP contribution is -2.32. The average Bonchev–Trinajstić information content (AvgIpc) is 2.51. The van der Waals surface area contributed by atoms with E-state index in [2.05, 4.69) is 11.6 Å². The van der Waals surface area contributed by atoms with Crippen LogP contribution >= 0.6 is 23.2 Å². The molecular formula is C17H17Cl2NO2. The smallest absolute Gasteiger partial charge is 0.151 e. The number of halogens is 2. The largest absolute Gasteiger partial charge is 0.495 e. The minimum atomic E-state index is -1.41. The number of ether oxygens (including phenoxy) is 1. The zero-order valence-electron chi connectivity index (χ0n) is 12.2. The first-order valence-corrected chi connectivity index (χ1v) is 7.62. The van der Waals surface area contributed by atoms with E-state index in [0.29, 0.717) is 22.2 Å². The zero-order chi connectivity index (χ0) is 16.2. The molecule has 5 heteroatoms. The number of hydrogen-bond acceptors (Lipinski definition) is 3. The molecule has 0 amide bonds. The molecule has 1 heterocycles. The van der Waals surface area contributed by atoms with Crippen molar-refractivity contribution in [3.8, 4) is 0 Å². The summed E-state index contributed by atoms with van der Waals surface area (Å²) < 4.78 is 5.46. The SMILES string of the molecule is C=C(OCC)C(O)(Cc1ccc(Cl)cc1Cl)c1cccnc1. The van der Waals surface area contributed by atoms with E-state index in [1.165, 1.54) is 0 Å². The molecule has 0 saturated carbocycles. The molecule has 1 aromatic heterocycles. The van der Waals surface area contributed by atoms with E-state index in [-0.39, 0.29) is 12.2 Å². The average molecular weight is 338 g/mol. The molecule has 0 radical (unpaired) electrons. The fourth-order valence-corrected chi connectivity index (χ4v) is 2.68. The first kappa shape index (κ1) is 16.8. The van der Waals surface area contributed by atoms with Crippen LogP contribution in [0.2, 0.25) is 10.0 Å². The van der Waals surface area contributed by atoms with E-state index in [1.807, 2.05) is 6.92 Å². The standard InChI is InChI=1S/C17H17Cl2NO2/c1-3-22-12(2)17(21,14-5-4-8-20-11-14)10-13-6-7-15(18)9-16(13)19/h4-9,11,21H,2-3,10H2,1H3. The van der Waals surface area contributed by atoms with Crippen molar-refractivity contribution in [3.05, 3.63) is 76.2 Å². The minimum Gasteiger partial charge on any atom is -0.495 e. The summed E-state index contributed by atoms with van der Waals surface area (Å²) in [6.07, 6.45) is 3.45. The summed E-state index contributed by atoms with van der Waals surface area (Å²) in [7, 11) is 0. The van der Waals surface area contributed by atoms with Gasteiger partial charge in [0.2, 0.25) is 0 Å². The molecule has 0 spiro atoms. The van der Waals surface area contributed by atoms with Gasteiger partial charge in [-0.25, -0.2) is 0 Å². The molecule has 0 aliphatic heterocycles. The summed E-state index contributed by atoms with van der Waals surface area (Å²) in [4.78, 5) is 4.06. The Morgan fingerprint density at radius 1 is 1.36 bits per heavy atom. The summed E-state index contributed by atoms with van der Waals surface area (Å²) in [5.74, 6) is 0.258. The van der Waals surface area contributed by atoms with E-state index < -0.39 is 5.60 Å². The third-order valence-electron chi connectivity index (χ3n) is 3.38. The summed E-state index contributed by atoms with van der Waals surface area (Å²) in [6, 6.07) is 8.69. The predicted octanol–water partition coefficient (Wildman–Crippen LogP) is 4.37. The highest BCUT2D eigenvalue weighted by atomic mass is 35.5. The van der Waals surface area contributed by atoms with Gasteiger partial charge in [-0.15, -0.1) is 0 Å². The van der Waals surface area contributed by atoms with Crippen molar-refractivity contribution in [2.75, 3.05) is 6.61 Å². The molecule has 0 bridgehead atoms. The second kappa shape index (κ2) is 7.14. The summed E-state index contributed by atoms with van der Waals surface area (Å²) in [6.45, 7) is 6.12. The van der Waals surface area contributed by atoms with Gasteiger partial charge in [0.15, 0.2) is 5.60 Å². The molecule has 1 N–H and O–H groups in total. The summed E-state index contributed by atoms with van der Waals surface area (Å²) >= 11 is 12.1. The highest BCUT2D eigenvalue weighted by Crippen LogP contribution is 2.35. The summed E-state index contributed by atoms with van der Waals surface area (Å²) in [5, 5.41) is 12.2. The topological polar surface area (TPSA) is 42.4 Å². The maximum Gasteiger partial charge on any atom is 0.151 e. The van der Waals surface area contributed by atoms with Crippen molar-refractivity contribution in [2.24, 2.45) is 0 Å². The van der Waals surface area contributed by atoms with Crippen molar-refractivity contribution in [1.29, 1.82) is 0 Å². The Hall–Kier alpha value is -1.55. The number of rotatable bonds is 6. The minimum absolute atomic E-state index is 0.216. The van der Waals surface area contributed by atoms with E-state index in [9.17, 15) is 5.11 Å². The molecule has 0 saturated heterocycles. The van der Waals surface area contributed by atoms with E-state index in [1.54, 1.807) is 42.7 Å². The van der Waals surface area contributed by atoms with Gasteiger partial charge in [0.1, 0.15) is 5.76 Å². The van der Waals surface area contributed by atoms with E-state index in [0.717, 1.165) is 5.56 Å². The van der Waals surface area contributed by atoms with Crippen molar-refractivity contribution < 1.29 is 9.84 Å². The van der Waals surface area contributed by atoms with E-state index >= 15 is 0 Å². The van der Waals surface area contributed by atoms with E-state index in [4.69, 9.17) is 27.9 Å². The van der Waals surface area contributed by atoms with Crippen LogP contribution in [0.1, 0.15) is 18.1 Å². The molecule has 22 heavy (non-hydrogen) atoms. The van der Waals surface area contributed by atoms with Crippen LogP contribution in [0.3, 0.4) is 0 Å². The number of aromatic nitrogens is 1. The van der Waals surface area contributed by atoms with Crippen molar-refractivity contribution in [1.82, 2.24) is 4.98 Å². The van der Waals surface area contributed by atoms with Gasteiger partial charge in [-0.1, -0.05) is 41.9 Å². The van der Waals surface area contributed by atoms with Gasteiger partial charge in [-0.2, -0.15) is 0 Å². The number of aliphatic hydroxyl groups is 1. The molecule has 0 aliphatic rings. The van der Waals surface area contributed by atoms with Crippen LogP contribution in [-0.4, -0.2) is 16.7 Å². The van der Waals surface area contributed by atoms with Gasteiger partial charge in [-0.05, 0) is 30.7 Å². The molecule has 116 valence electrons. The van der Waals surface area contributed by atoms with Crippen LogP contribution in [0.15, 0.2) is 55.1 Å². The van der Waals surface area contributed by atoms with Gasteiger partial charge in [0.25, 0.3) is 0 Å². The quantitative estimate of drug-likeness (QED) is 0.796. The van der Waals surface area contributed by atoms with Crippen molar-refractivity contribution in [2.45, 2.75) is 18.9 Å². The molecule has 3 nitrogen and oxygen atoms in total. The highest BCUT2D eigenvalue weighted by molar-refractivity contribution is 6.35. The Bertz CT molecular complexity index is 661. The van der Waals surface area contributed by atoms with Gasteiger partial charge >= 0.3 is 0 Å². The summed E-state index contributed by atoms with van der Waals surface area (Å²) in [5.41, 5.74) is -0.0698. The molecule has 0 aliphatic carbocycles. The molecular weight excluding hydrogens is 321 g/mol. The Kier molecular flexibility index (Phi) is 5.46.